The van der Waals surface area contributed by atoms with Crippen LogP contribution in [0.2, 0.25) is 0 Å². The second kappa shape index (κ2) is 10.5. The molecule has 4 aliphatic heterocycles. The summed E-state index contributed by atoms with van der Waals surface area (Å²) in [7, 11) is -3.25. The van der Waals surface area contributed by atoms with Crippen molar-refractivity contribution in [1.82, 2.24) is 14.9 Å². The number of terminal acetylenes is 1. The first-order chi connectivity index (χ1) is 22.1. The number of rotatable bonds is 5. The van der Waals surface area contributed by atoms with Gasteiger partial charge in [-0.1, -0.05) is 18.1 Å². The summed E-state index contributed by atoms with van der Waals surface area (Å²) in [4.78, 5) is 13.3. The molecule has 2 bridgehead atoms. The lowest BCUT2D eigenvalue weighted by Crippen LogP contribution is -2.49. The molecule has 238 valence electrons. The fourth-order valence-corrected chi connectivity index (χ4v) is 10.3. The van der Waals surface area contributed by atoms with E-state index < -0.39 is 33.2 Å². The van der Waals surface area contributed by atoms with Crippen molar-refractivity contribution in [3.05, 3.63) is 53.6 Å². The van der Waals surface area contributed by atoms with Crippen LogP contribution in [0.1, 0.15) is 37.7 Å². The monoisotopic (exact) mass is 648 g/mol. The highest BCUT2D eigenvalue weighted by Gasteiger charge is 2.50. The topological polar surface area (TPSA) is 95.9 Å². The second-order valence-electron chi connectivity index (χ2n) is 13.0. The van der Waals surface area contributed by atoms with Crippen molar-refractivity contribution < 1.29 is 31.4 Å². The van der Waals surface area contributed by atoms with Crippen LogP contribution in [-0.2, 0) is 9.84 Å². The smallest absolute Gasteiger partial charge is 0.319 e. The molecule has 1 N–H and O–H groups in total. The predicted molar refractivity (Wildman–Crippen MR) is 168 cm³/mol. The average Bonchev–Trinajstić information content (AvgIpc) is 3.63. The Kier molecular flexibility index (Phi) is 6.68. The zero-order valence-corrected chi connectivity index (χ0v) is 25.7. The molecular weight excluding hydrogens is 617 g/mol. The number of sulfone groups is 1. The van der Waals surface area contributed by atoms with Crippen molar-refractivity contribution in [2.75, 3.05) is 36.1 Å². The van der Waals surface area contributed by atoms with Crippen molar-refractivity contribution >= 4 is 37.3 Å². The van der Waals surface area contributed by atoms with E-state index in [2.05, 4.69) is 15.8 Å². The summed E-state index contributed by atoms with van der Waals surface area (Å²) in [5.74, 6) is 1.11. The number of hydrogen-bond acceptors (Lipinski definition) is 8. The summed E-state index contributed by atoms with van der Waals surface area (Å²) in [5, 5.41) is 11.6. The Morgan fingerprint density at radius 1 is 1.09 bits per heavy atom. The second-order valence-corrected chi connectivity index (χ2v) is 15.2. The SMILES string of the molecule is C#Cc1c(F)ccc2cc(O)cc(-c3ccc4c(N5C6CCC5CS(=O)(=O)C6)nc(OC[C@@]56CCCN5C[C@H](F)C6)nc4c3F)c12. The number of aromatic nitrogens is 2. The van der Waals surface area contributed by atoms with Gasteiger partial charge >= 0.3 is 6.01 Å². The number of halogens is 3. The van der Waals surface area contributed by atoms with Crippen molar-refractivity contribution in [2.24, 2.45) is 0 Å². The van der Waals surface area contributed by atoms with Crippen molar-refractivity contribution in [2.45, 2.75) is 55.9 Å². The molecule has 0 saturated carbocycles. The number of nitrogens with zero attached hydrogens (tertiary/aromatic N) is 4. The molecule has 4 atom stereocenters. The van der Waals surface area contributed by atoms with Crippen LogP contribution in [0.15, 0.2) is 36.4 Å². The van der Waals surface area contributed by atoms with Crippen LogP contribution in [-0.4, -0.2) is 83.4 Å². The first kappa shape index (κ1) is 29.3. The first-order valence-electron chi connectivity index (χ1n) is 15.5. The van der Waals surface area contributed by atoms with Gasteiger partial charge < -0.3 is 14.7 Å². The van der Waals surface area contributed by atoms with E-state index in [9.17, 15) is 22.3 Å². The quantitative estimate of drug-likeness (QED) is 0.298. The van der Waals surface area contributed by atoms with Gasteiger partial charge in [0, 0.05) is 41.4 Å². The van der Waals surface area contributed by atoms with Gasteiger partial charge in [-0.15, -0.1) is 6.42 Å². The van der Waals surface area contributed by atoms with Crippen molar-refractivity contribution in [3.8, 4) is 35.2 Å². The van der Waals surface area contributed by atoms with Gasteiger partial charge in [0.05, 0.1) is 22.6 Å². The highest BCUT2D eigenvalue weighted by Crippen LogP contribution is 2.44. The number of benzene rings is 3. The van der Waals surface area contributed by atoms with Gasteiger partial charge in [0.15, 0.2) is 15.7 Å². The van der Waals surface area contributed by atoms with Crippen LogP contribution in [0, 0.1) is 24.0 Å². The maximum Gasteiger partial charge on any atom is 0.319 e. The van der Waals surface area contributed by atoms with Gasteiger partial charge in [-0.25, -0.2) is 21.6 Å². The van der Waals surface area contributed by atoms with Gasteiger partial charge in [-0.05, 0) is 67.4 Å². The molecule has 5 heterocycles. The largest absolute Gasteiger partial charge is 0.508 e. The number of hydrogen-bond donors (Lipinski definition) is 1. The fourth-order valence-electron chi connectivity index (χ4n) is 8.31. The lowest BCUT2D eigenvalue weighted by molar-refractivity contribution is 0.107. The predicted octanol–water partition coefficient (Wildman–Crippen LogP) is 5.14. The molecule has 8 nitrogen and oxygen atoms in total. The zero-order chi connectivity index (χ0) is 32.0. The Labute approximate surface area is 264 Å². The molecule has 3 aromatic carbocycles. The van der Waals surface area contributed by atoms with E-state index >= 15 is 4.39 Å². The highest BCUT2D eigenvalue weighted by atomic mass is 32.2. The van der Waals surface area contributed by atoms with Gasteiger partial charge in [0.1, 0.15) is 35.7 Å². The minimum Gasteiger partial charge on any atom is -0.508 e. The Bertz CT molecular complexity index is 2070. The van der Waals surface area contributed by atoms with E-state index in [1.165, 1.54) is 30.3 Å². The van der Waals surface area contributed by atoms with E-state index in [0.717, 1.165) is 19.4 Å². The molecule has 0 aliphatic carbocycles. The summed E-state index contributed by atoms with van der Waals surface area (Å²) in [5.41, 5.74) is -0.405. The highest BCUT2D eigenvalue weighted by molar-refractivity contribution is 7.91. The molecule has 0 spiro atoms. The minimum absolute atomic E-state index is 0.0303. The summed E-state index contributed by atoms with van der Waals surface area (Å²) in [6.45, 7) is 1.24. The Morgan fingerprint density at radius 2 is 1.87 bits per heavy atom. The summed E-state index contributed by atoms with van der Waals surface area (Å²) in [6.07, 6.45) is 8.03. The first-order valence-corrected chi connectivity index (χ1v) is 17.3. The molecule has 0 radical (unpaired) electrons. The number of fused-ring (bicyclic) bond motifs is 5. The molecular formula is C34H31F3N4O4S. The van der Waals surface area contributed by atoms with Crippen LogP contribution >= 0.6 is 0 Å². The third kappa shape index (κ3) is 4.58. The maximum atomic E-state index is 16.9. The van der Waals surface area contributed by atoms with Gasteiger partial charge in [-0.3, -0.25) is 4.90 Å². The lowest BCUT2D eigenvalue weighted by atomic mass is 9.93. The fraction of sp³-hybridized carbons (Fsp3) is 0.412. The number of alkyl halides is 1. The normalized spacial score (nSPS) is 26.9. The molecule has 12 heteroatoms. The number of phenols is 1. The van der Waals surface area contributed by atoms with Gasteiger partial charge in [-0.2, -0.15) is 9.97 Å². The molecule has 4 fully saturated rings. The Morgan fingerprint density at radius 3 is 2.63 bits per heavy atom. The molecule has 4 aromatic rings. The van der Waals surface area contributed by atoms with Gasteiger partial charge in [0.2, 0.25) is 0 Å². The van der Waals surface area contributed by atoms with E-state index in [1.807, 2.05) is 4.90 Å². The third-order valence-corrected chi connectivity index (χ3v) is 12.0. The van der Waals surface area contributed by atoms with E-state index in [0.29, 0.717) is 42.4 Å². The number of aromatic hydroxyl groups is 1. The minimum atomic E-state index is -3.25. The number of phenolic OH excluding ortho intramolecular Hbond substituents is 1. The number of anilines is 1. The molecule has 1 aromatic heterocycles. The van der Waals surface area contributed by atoms with E-state index in [1.54, 1.807) is 6.07 Å². The molecule has 2 unspecified atom stereocenters. The van der Waals surface area contributed by atoms with Crippen LogP contribution in [0.5, 0.6) is 11.8 Å². The maximum absolute atomic E-state index is 16.9. The van der Waals surface area contributed by atoms with Crippen LogP contribution in [0.4, 0.5) is 19.0 Å². The lowest BCUT2D eigenvalue weighted by Gasteiger charge is -2.36. The number of ether oxygens (including phenoxy) is 1. The Balaban J connectivity index is 1.30. The summed E-state index contributed by atoms with van der Waals surface area (Å²) in [6, 6.07) is 7.85. The third-order valence-electron chi connectivity index (χ3n) is 10.2. The molecule has 46 heavy (non-hydrogen) atoms. The average molecular weight is 649 g/mol. The zero-order valence-electron chi connectivity index (χ0n) is 24.8. The van der Waals surface area contributed by atoms with E-state index in [4.69, 9.17) is 16.1 Å². The van der Waals surface area contributed by atoms with E-state index in [-0.39, 0.29) is 69.5 Å². The Hall–Kier alpha value is -4.08. The molecule has 4 aliphatic rings. The van der Waals surface area contributed by atoms with Crippen molar-refractivity contribution in [3.63, 3.8) is 0 Å². The molecule has 8 rings (SSSR count). The molecule has 4 saturated heterocycles. The van der Waals surface area contributed by atoms with Crippen molar-refractivity contribution in [1.29, 1.82) is 0 Å². The van der Waals surface area contributed by atoms with Crippen LogP contribution < -0.4 is 9.64 Å². The van der Waals surface area contributed by atoms with Gasteiger partial charge in [0.25, 0.3) is 0 Å². The summed E-state index contributed by atoms with van der Waals surface area (Å²) >= 11 is 0. The molecule has 0 amide bonds. The summed E-state index contributed by atoms with van der Waals surface area (Å²) < 4.78 is 77.6. The van der Waals surface area contributed by atoms with Crippen LogP contribution in [0.3, 0.4) is 0 Å². The standard InChI is InChI=1S/C34H31F3N4O4S/c1-2-24-28(36)9-4-19-12-23(42)13-27(29(19)24)25-7-8-26-31(30(25)37)38-33(45-18-34-10-3-11-40(34)15-20(35)14-34)39-32(26)41-21-5-6-22(41)17-46(43,44)16-21/h1,4,7-9,12-13,20-22,42H,3,5-6,10-11,14-18H2/t20-,21?,22?,34+/m1/s1. The van der Waals surface area contributed by atoms with Crippen LogP contribution in [0.25, 0.3) is 32.8 Å².